The van der Waals surface area contributed by atoms with Gasteiger partial charge in [0.05, 0.1) is 12.5 Å². The molecule has 0 radical (unpaired) electrons. The Hall–Kier alpha value is -2.63. The van der Waals surface area contributed by atoms with Gasteiger partial charge in [0.1, 0.15) is 11.5 Å². The zero-order valence-corrected chi connectivity index (χ0v) is 14.6. The maximum atomic E-state index is 12.6. The van der Waals surface area contributed by atoms with E-state index in [1.54, 1.807) is 11.0 Å². The van der Waals surface area contributed by atoms with Gasteiger partial charge in [-0.1, -0.05) is 22.9 Å². The van der Waals surface area contributed by atoms with Crippen molar-refractivity contribution in [2.45, 2.75) is 33.2 Å². The molecule has 2 aromatic rings. The van der Waals surface area contributed by atoms with Gasteiger partial charge in [0, 0.05) is 24.7 Å². The van der Waals surface area contributed by atoms with Crippen molar-refractivity contribution in [1.82, 2.24) is 15.4 Å². The topological polar surface area (TPSA) is 75.4 Å². The Bertz CT molecular complexity index is 752. The number of aromatic nitrogens is 1. The zero-order valence-electron chi connectivity index (χ0n) is 14.6. The summed E-state index contributed by atoms with van der Waals surface area (Å²) in [6.07, 6.45) is 1.63. The normalized spacial score (nSPS) is 17.4. The number of nitrogens with one attached hydrogen (secondary N) is 1. The van der Waals surface area contributed by atoms with Crippen LogP contribution in [0.3, 0.4) is 0 Å². The maximum Gasteiger partial charge on any atom is 0.253 e. The van der Waals surface area contributed by atoms with E-state index in [-0.39, 0.29) is 17.7 Å². The highest BCUT2D eigenvalue weighted by Gasteiger charge is 2.28. The summed E-state index contributed by atoms with van der Waals surface area (Å²) in [4.78, 5) is 26.8. The molecule has 1 N–H and O–H groups in total. The van der Waals surface area contributed by atoms with Crippen LogP contribution in [-0.2, 0) is 11.3 Å². The summed E-state index contributed by atoms with van der Waals surface area (Å²) in [6, 6.07) is 9.35. The van der Waals surface area contributed by atoms with Crippen LogP contribution in [0, 0.1) is 19.8 Å². The lowest BCUT2D eigenvalue weighted by molar-refractivity contribution is -0.126. The summed E-state index contributed by atoms with van der Waals surface area (Å²) in [5, 5.41) is 6.76. The Morgan fingerprint density at radius 1 is 1.28 bits per heavy atom. The number of hydrogen-bond donors (Lipinski definition) is 1. The van der Waals surface area contributed by atoms with Crippen LogP contribution in [0.2, 0.25) is 0 Å². The van der Waals surface area contributed by atoms with E-state index < -0.39 is 0 Å². The molecule has 2 amide bonds. The number of likely N-dealkylation sites (tertiary alicyclic amines) is 1. The molecule has 25 heavy (non-hydrogen) atoms. The summed E-state index contributed by atoms with van der Waals surface area (Å²) in [5.74, 6) is 0.486. The number of nitrogens with zero attached hydrogens (tertiary/aromatic N) is 2. The Morgan fingerprint density at radius 3 is 2.72 bits per heavy atom. The minimum absolute atomic E-state index is 0.00961. The lowest BCUT2D eigenvalue weighted by atomic mass is 9.96. The van der Waals surface area contributed by atoms with Crippen molar-refractivity contribution in [2.24, 2.45) is 5.92 Å². The van der Waals surface area contributed by atoms with Crippen LogP contribution >= 0.6 is 0 Å². The van der Waals surface area contributed by atoms with Gasteiger partial charge in [-0.25, -0.2) is 0 Å². The molecule has 1 aromatic carbocycles. The number of piperidine rings is 1. The second kappa shape index (κ2) is 7.51. The number of rotatable bonds is 4. The van der Waals surface area contributed by atoms with Gasteiger partial charge in [0.25, 0.3) is 5.91 Å². The Labute approximate surface area is 147 Å². The van der Waals surface area contributed by atoms with Crippen molar-refractivity contribution in [3.8, 4) is 0 Å². The van der Waals surface area contributed by atoms with Gasteiger partial charge < -0.3 is 14.7 Å². The Morgan fingerprint density at radius 2 is 2.04 bits per heavy atom. The van der Waals surface area contributed by atoms with Gasteiger partial charge in [-0.2, -0.15) is 0 Å². The van der Waals surface area contributed by atoms with E-state index in [0.717, 1.165) is 24.2 Å². The molecule has 0 bridgehead atoms. The van der Waals surface area contributed by atoms with Crippen LogP contribution in [0.1, 0.15) is 40.2 Å². The molecule has 0 unspecified atom stereocenters. The van der Waals surface area contributed by atoms with Crippen LogP contribution in [0.5, 0.6) is 0 Å². The molecule has 1 saturated heterocycles. The van der Waals surface area contributed by atoms with E-state index in [1.165, 1.54) is 0 Å². The Balaban J connectivity index is 1.57. The number of hydrogen-bond acceptors (Lipinski definition) is 4. The molecule has 2 heterocycles. The number of carbonyl (C=O) groups excluding carboxylic acids is 2. The molecule has 1 aliphatic heterocycles. The largest absolute Gasteiger partial charge is 0.361 e. The van der Waals surface area contributed by atoms with Gasteiger partial charge in [-0.05, 0) is 38.8 Å². The van der Waals surface area contributed by atoms with Crippen molar-refractivity contribution < 1.29 is 14.1 Å². The van der Waals surface area contributed by atoms with Crippen LogP contribution < -0.4 is 5.32 Å². The minimum atomic E-state index is -0.184. The summed E-state index contributed by atoms with van der Waals surface area (Å²) in [7, 11) is 0. The lowest BCUT2D eigenvalue weighted by Gasteiger charge is -2.32. The summed E-state index contributed by atoms with van der Waals surface area (Å²) >= 11 is 0. The monoisotopic (exact) mass is 341 g/mol. The molecule has 3 rings (SSSR count). The standard InChI is InChI=1S/C19H23N3O3/c1-13-5-7-15(8-6-13)19(24)22-9-3-4-16(12-22)18(23)20-11-17-10-14(2)25-21-17/h5-8,10,16H,3-4,9,11-12H2,1-2H3,(H,20,23)/t16-/m0/s1. The highest BCUT2D eigenvalue weighted by atomic mass is 16.5. The zero-order chi connectivity index (χ0) is 17.8. The quantitative estimate of drug-likeness (QED) is 0.927. The fraction of sp³-hybridized carbons (Fsp3) is 0.421. The number of amides is 2. The first-order valence-electron chi connectivity index (χ1n) is 8.59. The van der Waals surface area contributed by atoms with Crippen LogP contribution in [0.4, 0.5) is 0 Å². The molecule has 6 nitrogen and oxygen atoms in total. The Kier molecular flexibility index (Phi) is 5.16. The molecule has 0 spiro atoms. The molecule has 1 atom stereocenters. The molecule has 6 heteroatoms. The first-order valence-corrected chi connectivity index (χ1v) is 8.59. The van der Waals surface area contributed by atoms with E-state index >= 15 is 0 Å². The van der Waals surface area contributed by atoms with Crippen molar-refractivity contribution in [2.75, 3.05) is 13.1 Å². The molecular formula is C19H23N3O3. The maximum absolute atomic E-state index is 12.6. The second-order valence-electron chi connectivity index (χ2n) is 6.60. The van der Waals surface area contributed by atoms with Gasteiger partial charge >= 0.3 is 0 Å². The van der Waals surface area contributed by atoms with Crippen molar-refractivity contribution >= 4 is 11.8 Å². The highest BCUT2D eigenvalue weighted by Crippen LogP contribution is 2.19. The van der Waals surface area contributed by atoms with Gasteiger partial charge in [-0.15, -0.1) is 0 Å². The van der Waals surface area contributed by atoms with Crippen molar-refractivity contribution in [3.05, 3.63) is 52.9 Å². The third kappa shape index (κ3) is 4.26. The third-order valence-corrected chi connectivity index (χ3v) is 4.50. The average Bonchev–Trinajstić information content (AvgIpc) is 3.05. The van der Waals surface area contributed by atoms with Crippen LogP contribution in [0.15, 0.2) is 34.9 Å². The highest BCUT2D eigenvalue weighted by molar-refractivity contribution is 5.94. The molecular weight excluding hydrogens is 318 g/mol. The minimum Gasteiger partial charge on any atom is -0.361 e. The first kappa shape index (κ1) is 17.2. The lowest BCUT2D eigenvalue weighted by Crippen LogP contribution is -2.45. The summed E-state index contributed by atoms with van der Waals surface area (Å²) in [6.45, 7) is 5.30. The van der Waals surface area contributed by atoms with Gasteiger partial charge in [0.2, 0.25) is 5.91 Å². The summed E-state index contributed by atoms with van der Waals surface area (Å²) in [5.41, 5.74) is 2.49. The second-order valence-corrected chi connectivity index (χ2v) is 6.60. The van der Waals surface area contributed by atoms with Crippen LogP contribution in [-0.4, -0.2) is 35.0 Å². The van der Waals surface area contributed by atoms with E-state index in [9.17, 15) is 9.59 Å². The van der Waals surface area contributed by atoms with E-state index in [2.05, 4.69) is 10.5 Å². The van der Waals surface area contributed by atoms with Crippen molar-refractivity contribution in [1.29, 1.82) is 0 Å². The van der Waals surface area contributed by atoms with Gasteiger partial charge in [-0.3, -0.25) is 9.59 Å². The first-order chi connectivity index (χ1) is 12.0. The molecule has 1 fully saturated rings. The molecule has 1 aromatic heterocycles. The average molecular weight is 341 g/mol. The third-order valence-electron chi connectivity index (χ3n) is 4.50. The van der Waals surface area contributed by atoms with Crippen molar-refractivity contribution in [3.63, 3.8) is 0 Å². The molecule has 1 aliphatic rings. The van der Waals surface area contributed by atoms with Crippen LogP contribution in [0.25, 0.3) is 0 Å². The molecule has 0 aliphatic carbocycles. The SMILES string of the molecule is Cc1ccc(C(=O)N2CCC[C@H](C(=O)NCc3cc(C)on3)C2)cc1. The fourth-order valence-electron chi connectivity index (χ4n) is 3.08. The molecule has 0 saturated carbocycles. The van der Waals surface area contributed by atoms with Gasteiger partial charge in [0.15, 0.2) is 0 Å². The number of aryl methyl sites for hydroxylation is 2. The predicted octanol–water partition coefficient (Wildman–Crippen LogP) is 2.46. The smallest absolute Gasteiger partial charge is 0.253 e. The van der Waals surface area contributed by atoms with E-state index in [4.69, 9.17) is 4.52 Å². The summed E-state index contributed by atoms with van der Waals surface area (Å²) < 4.78 is 4.99. The predicted molar refractivity (Wildman–Crippen MR) is 92.9 cm³/mol. The van der Waals surface area contributed by atoms with E-state index in [1.807, 2.05) is 38.1 Å². The number of carbonyl (C=O) groups is 2. The van der Waals surface area contributed by atoms with E-state index in [0.29, 0.717) is 30.9 Å². The fourth-order valence-corrected chi connectivity index (χ4v) is 3.08. The number of benzene rings is 1. The molecule has 132 valence electrons.